The molecule has 0 spiro atoms. The highest BCUT2D eigenvalue weighted by atomic mass is 35.5. The lowest BCUT2D eigenvalue weighted by molar-refractivity contribution is -0.151. The fourth-order valence-corrected chi connectivity index (χ4v) is 4.73. The molecule has 1 aliphatic heterocycles. The van der Waals surface area contributed by atoms with E-state index in [0.717, 1.165) is 5.69 Å². The number of aromatic nitrogens is 1. The number of thiazole rings is 1. The number of esters is 1. The number of carbonyl (C=O) groups is 3. The number of amides is 2. The van der Waals surface area contributed by atoms with Crippen LogP contribution in [0, 0.1) is 12.8 Å². The largest absolute Gasteiger partial charge is 0.466 e. The topological polar surface area (TPSA) is 81.0 Å². The molecular formula is C21H23Cl2N3O4S. The van der Waals surface area contributed by atoms with Gasteiger partial charge in [-0.1, -0.05) is 23.2 Å². The highest BCUT2D eigenvalue weighted by Gasteiger charge is 2.28. The van der Waals surface area contributed by atoms with Crippen molar-refractivity contribution >= 4 is 52.3 Å². The Kier molecular flexibility index (Phi) is 7.91. The van der Waals surface area contributed by atoms with E-state index in [2.05, 4.69) is 4.99 Å². The molecule has 2 aromatic rings. The first-order valence-electron chi connectivity index (χ1n) is 9.93. The van der Waals surface area contributed by atoms with Crippen molar-refractivity contribution in [2.45, 2.75) is 33.2 Å². The summed E-state index contributed by atoms with van der Waals surface area (Å²) >= 11 is 13.3. The van der Waals surface area contributed by atoms with Crippen LogP contribution in [0.4, 0.5) is 0 Å². The highest BCUT2D eigenvalue weighted by molar-refractivity contribution is 7.07. The van der Waals surface area contributed by atoms with E-state index in [1.165, 1.54) is 23.5 Å². The number of hydrogen-bond donors (Lipinski definition) is 0. The van der Waals surface area contributed by atoms with Gasteiger partial charge in [0, 0.05) is 29.2 Å². The number of hydrogen-bond acceptors (Lipinski definition) is 5. The fourth-order valence-electron chi connectivity index (χ4n) is 3.37. The van der Waals surface area contributed by atoms with E-state index in [-0.39, 0.29) is 34.9 Å². The van der Waals surface area contributed by atoms with Gasteiger partial charge in [-0.25, -0.2) is 0 Å². The second-order valence-electron chi connectivity index (χ2n) is 7.19. The minimum absolute atomic E-state index is 0.0693. The number of ether oxygens (including phenoxy) is 1. The Labute approximate surface area is 194 Å². The maximum atomic E-state index is 12.9. The summed E-state index contributed by atoms with van der Waals surface area (Å²) < 4.78 is 6.79. The summed E-state index contributed by atoms with van der Waals surface area (Å²) in [6.07, 6.45) is 1.17. The van der Waals surface area contributed by atoms with Gasteiger partial charge < -0.3 is 14.2 Å². The number of nitrogens with zero attached hydrogens (tertiary/aromatic N) is 3. The van der Waals surface area contributed by atoms with E-state index in [1.54, 1.807) is 22.5 Å². The Hall–Kier alpha value is -2.16. The molecule has 0 atom stereocenters. The zero-order valence-corrected chi connectivity index (χ0v) is 19.6. The predicted octanol–water partition coefficient (Wildman–Crippen LogP) is 3.71. The molecule has 7 nitrogen and oxygen atoms in total. The molecule has 0 unspecified atom stereocenters. The Morgan fingerprint density at radius 3 is 2.58 bits per heavy atom. The number of carbonyl (C=O) groups excluding carboxylic acids is 3. The van der Waals surface area contributed by atoms with Crippen LogP contribution in [0.25, 0.3) is 0 Å². The van der Waals surface area contributed by atoms with Gasteiger partial charge in [0.25, 0.3) is 5.91 Å². The summed E-state index contributed by atoms with van der Waals surface area (Å²) in [6.45, 7) is 5.06. The number of rotatable bonds is 5. The number of halogens is 2. The lowest BCUT2D eigenvalue weighted by atomic mass is 9.97. The monoisotopic (exact) mass is 483 g/mol. The van der Waals surface area contributed by atoms with Gasteiger partial charge in [-0.05, 0) is 44.9 Å². The smallest absolute Gasteiger partial charge is 0.309 e. The van der Waals surface area contributed by atoms with Crippen molar-refractivity contribution in [2.75, 3.05) is 19.7 Å². The van der Waals surface area contributed by atoms with Crippen LogP contribution in [0.5, 0.6) is 0 Å². The van der Waals surface area contributed by atoms with Gasteiger partial charge in [-0.3, -0.25) is 14.4 Å². The SMILES string of the molecule is CCOC(=O)C1CCN(C(=O)Cn2c(C)csc2=NC(=O)c2ccc(Cl)cc2Cl)CC1. The average molecular weight is 484 g/mol. The Bertz CT molecular complexity index is 1060. The molecule has 166 valence electrons. The lowest BCUT2D eigenvalue weighted by Crippen LogP contribution is -2.43. The molecule has 1 fully saturated rings. The van der Waals surface area contributed by atoms with E-state index < -0.39 is 5.91 Å². The molecule has 2 amide bonds. The third kappa shape index (κ3) is 5.75. The number of likely N-dealkylation sites (tertiary alicyclic amines) is 1. The van der Waals surface area contributed by atoms with Crippen LogP contribution < -0.4 is 4.80 Å². The quantitative estimate of drug-likeness (QED) is 0.606. The van der Waals surface area contributed by atoms with Crippen molar-refractivity contribution in [1.82, 2.24) is 9.47 Å². The number of benzene rings is 1. The molecule has 0 radical (unpaired) electrons. The van der Waals surface area contributed by atoms with E-state index in [4.69, 9.17) is 27.9 Å². The third-order valence-corrected chi connectivity index (χ3v) is 6.64. The van der Waals surface area contributed by atoms with Gasteiger partial charge >= 0.3 is 5.97 Å². The van der Waals surface area contributed by atoms with Crippen LogP contribution in [0.2, 0.25) is 10.0 Å². The van der Waals surface area contributed by atoms with Crippen LogP contribution in [-0.4, -0.2) is 46.9 Å². The molecule has 1 aromatic heterocycles. The molecule has 1 aliphatic rings. The van der Waals surface area contributed by atoms with Gasteiger partial charge in [0.15, 0.2) is 4.80 Å². The fraction of sp³-hybridized carbons (Fsp3) is 0.429. The molecule has 0 bridgehead atoms. The summed E-state index contributed by atoms with van der Waals surface area (Å²) in [7, 11) is 0. The third-order valence-electron chi connectivity index (χ3n) is 5.11. The first kappa shape index (κ1) is 23.5. The van der Waals surface area contributed by atoms with Gasteiger partial charge in [0.1, 0.15) is 6.54 Å². The average Bonchev–Trinajstić information content (AvgIpc) is 3.07. The van der Waals surface area contributed by atoms with Crippen LogP contribution >= 0.6 is 34.5 Å². The molecule has 0 N–H and O–H groups in total. The molecule has 3 rings (SSSR count). The maximum Gasteiger partial charge on any atom is 0.309 e. The second-order valence-corrected chi connectivity index (χ2v) is 8.87. The van der Waals surface area contributed by atoms with Gasteiger partial charge in [0.2, 0.25) is 5.91 Å². The van der Waals surface area contributed by atoms with Crippen LogP contribution in [-0.2, 0) is 20.9 Å². The molecule has 0 aliphatic carbocycles. The first-order valence-corrected chi connectivity index (χ1v) is 11.6. The second kappa shape index (κ2) is 10.4. The first-order chi connectivity index (χ1) is 14.8. The van der Waals surface area contributed by atoms with Crippen LogP contribution in [0.1, 0.15) is 35.8 Å². The van der Waals surface area contributed by atoms with E-state index >= 15 is 0 Å². The molecule has 0 saturated carbocycles. The van der Waals surface area contributed by atoms with E-state index in [0.29, 0.717) is 42.4 Å². The Balaban J connectivity index is 1.71. The van der Waals surface area contributed by atoms with Gasteiger partial charge in [-0.2, -0.15) is 4.99 Å². The molecule has 1 aromatic carbocycles. The molecule has 2 heterocycles. The molecule has 1 saturated heterocycles. The van der Waals surface area contributed by atoms with E-state index in [9.17, 15) is 14.4 Å². The summed E-state index contributed by atoms with van der Waals surface area (Å²) in [5.41, 5.74) is 1.07. The van der Waals surface area contributed by atoms with Crippen molar-refractivity contribution in [1.29, 1.82) is 0 Å². The lowest BCUT2D eigenvalue weighted by Gasteiger charge is -2.31. The van der Waals surface area contributed by atoms with Crippen molar-refractivity contribution in [3.63, 3.8) is 0 Å². The van der Waals surface area contributed by atoms with Crippen molar-refractivity contribution in [2.24, 2.45) is 10.9 Å². The standard InChI is InChI=1S/C21H23Cl2N3O4S/c1-3-30-20(29)14-6-8-25(9-7-14)18(27)11-26-13(2)12-31-21(26)24-19(28)16-5-4-15(22)10-17(16)23/h4-5,10,12,14H,3,6-9,11H2,1-2H3. The van der Waals surface area contributed by atoms with Gasteiger partial charge in [0.05, 0.1) is 23.1 Å². The molecule has 31 heavy (non-hydrogen) atoms. The minimum Gasteiger partial charge on any atom is -0.466 e. The van der Waals surface area contributed by atoms with Gasteiger partial charge in [-0.15, -0.1) is 11.3 Å². The van der Waals surface area contributed by atoms with Crippen molar-refractivity contribution < 1.29 is 19.1 Å². The minimum atomic E-state index is -0.500. The molecular weight excluding hydrogens is 461 g/mol. The number of piperidine rings is 1. The maximum absolute atomic E-state index is 12.9. The zero-order valence-electron chi connectivity index (χ0n) is 17.3. The summed E-state index contributed by atoms with van der Waals surface area (Å²) in [5, 5.41) is 2.50. The normalized spacial score (nSPS) is 15.2. The Morgan fingerprint density at radius 1 is 1.23 bits per heavy atom. The summed E-state index contributed by atoms with van der Waals surface area (Å²) in [5.74, 6) is -0.938. The molecule has 10 heteroatoms. The van der Waals surface area contributed by atoms with Crippen molar-refractivity contribution in [3.8, 4) is 0 Å². The summed E-state index contributed by atoms with van der Waals surface area (Å²) in [4.78, 5) is 43.7. The highest BCUT2D eigenvalue weighted by Crippen LogP contribution is 2.22. The van der Waals surface area contributed by atoms with Crippen molar-refractivity contribution in [3.05, 3.63) is 49.7 Å². The van der Waals surface area contributed by atoms with Crippen LogP contribution in [0.15, 0.2) is 28.6 Å². The summed E-state index contributed by atoms with van der Waals surface area (Å²) in [6, 6.07) is 4.59. The Morgan fingerprint density at radius 2 is 1.94 bits per heavy atom. The predicted molar refractivity (Wildman–Crippen MR) is 119 cm³/mol. The van der Waals surface area contributed by atoms with Crippen LogP contribution in [0.3, 0.4) is 0 Å². The van der Waals surface area contributed by atoms with E-state index in [1.807, 2.05) is 12.3 Å². The number of aryl methyl sites for hydroxylation is 1. The zero-order chi connectivity index (χ0) is 22.5.